The third kappa shape index (κ3) is 2.89. The zero-order valence-corrected chi connectivity index (χ0v) is 10.4. The summed E-state index contributed by atoms with van der Waals surface area (Å²) in [6.45, 7) is 0. The van der Waals surface area contributed by atoms with Gasteiger partial charge in [-0.05, 0) is 30.3 Å². The topological polar surface area (TPSA) is 3.24 Å². The van der Waals surface area contributed by atoms with Gasteiger partial charge < -0.3 is 4.90 Å². The van der Waals surface area contributed by atoms with E-state index in [4.69, 9.17) is 0 Å². The summed E-state index contributed by atoms with van der Waals surface area (Å²) in [6, 6.07) is 14.3. The van der Waals surface area contributed by atoms with Crippen molar-refractivity contribution in [2.75, 3.05) is 19.0 Å². The smallest absolute Gasteiger partial charge is 0.124 e. The maximum Gasteiger partial charge on any atom is 0.124 e. The Kier molecular flexibility index (Phi) is 3.64. The Morgan fingerprint density at radius 3 is 2.33 bits per heavy atom. The molecule has 2 aromatic rings. The van der Waals surface area contributed by atoms with Crippen LogP contribution in [0.4, 0.5) is 10.1 Å². The maximum atomic E-state index is 13.3. The first-order valence-corrected chi connectivity index (χ1v) is 5.71. The van der Waals surface area contributed by atoms with Crippen LogP contribution in [0.15, 0.2) is 48.5 Å². The molecule has 0 aliphatic heterocycles. The Morgan fingerprint density at radius 2 is 1.67 bits per heavy atom. The summed E-state index contributed by atoms with van der Waals surface area (Å²) in [7, 11) is 3.84. The van der Waals surface area contributed by atoms with Crippen molar-refractivity contribution in [2.24, 2.45) is 0 Å². The third-order valence-electron chi connectivity index (χ3n) is 2.56. The van der Waals surface area contributed by atoms with E-state index in [0.717, 1.165) is 11.3 Å². The summed E-state index contributed by atoms with van der Waals surface area (Å²) in [5.74, 6) is 5.79. The van der Waals surface area contributed by atoms with Crippen LogP contribution in [0, 0.1) is 17.7 Å². The molecule has 0 aliphatic rings. The van der Waals surface area contributed by atoms with Crippen molar-refractivity contribution in [1.29, 1.82) is 0 Å². The van der Waals surface area contributed by atoms with Gasteiger partial charge in [0.15, 0.2) is 0 Å². The number of rotatable bonds is 1. The van der Waals surface area contributed by atoms with E-state index >= 15 is 0 Å². The van der Waals surface area contributed by atoms with Crippen molar-refractivity contribution in [1.82, 2.24) is 0 Å². The van der Waals surface area contributed by atoms with E-state index in [2.05, 4.69) is 11.8 Å². The van der Waals surface area contributed by atoms with Crippen LogP contribution in [0.5, 0.6) is 0 Å². The first kappa shape index (κ1) is 12.2. The van der Waals surface area contributed by atoms with E-state index < -0.39 is 0 Å². The van der Waals surface area contributed by atoms with Crippen molar-refractivity contribution in [3.05, 3.63) is 65.5 Å². The Balaban J connectivity index is 2.40. The highest BCUT2D eigenvalue weighted by molar-refractivity contribution is 5.61. The van der Waals surface area contributed by atoms with Gasteiger partial charge >= 0.3 is 0 Å². The molecule has 0 fully saturated rings. The van der Waals surface area contributed by atoms with E-state index in [1.54, 1.807) is 6.07 Å². The van der Waals surface area contributed by atoms with Crippen molar-refractivity contribution < 1.29 is 4.39 Å². The van der Waals surface area contributed by atoms with Crippen LogP contribution >= 0.6 is 0 Å². The molecule has 90 valence electrons. The SMILES string of the molecule is CN(C)c1ccc(F)cc1C#Cc1ccccc1. The molecule has 0 aromatic heterocycles. The number of hydrogen-bond acceptors (Lipinski definition) is 1. The van der Waals surface area contributed by atoms with Crippen LogP contribution < -0.4 is 4.90 Å². The first-order valence-electron chi connectivity index (χ1n) is 5.71. The average Bonchev–Trinajstić information content (AvgIpc) is 2.37. The van der Waals surface area contributed by atoms with Crippen LogP contribution in [0.25, 0.3) is 0 Å². The number of halogens is 1. The van der Waals surface area contributed by atoms with Gasteiger partial charge in [0, 0.05) is 19.7 Å². The summed E-state index contributed by atoms with van der Waals surface area (Å²) < 4.78 is 13.3. The van der Waals surface area contributed by atoms with Crippen LogP contribution in [-0.2, 0) is 0 Å². The lowest BCUT2D eigenvalue weighted by Gasteiger charge is -2.14. The Bertz CT molecular complexity index is 591. The molecule has 1 nitrogen and oxygen atoms in total. The number of nitrogens with zero attached hydrogens (tertiary/aromatic N) is 1. The van der Waals surface area contributed by atoms with Gasteiger partial charge in [0.05, 0.1) is 11.3 Å². The Morgan fingerprint density at radius 1 is 0.944 bits per heavy atom. The lowest BCUT2D eigenvalue weighted by molar-refractivity contribution is 0.627. The monoisotopic (exact) mass is 239 g/mol. The number of anilines is 1. The highest BCUT2D eigenvalue weighted by Crippen LogP contribution is 2.18. The largest absolute Gasteiger partial charge is 0.377 e. The minimum absolute atomic E-state index is 0.266. The van der Waals surface area contributed by atoms with Gasteiger partial charge in [-0.1, -0.05) is 30.0 Å². The van der Waals surface area contributed by atoms with Crippen molar-refractivity contribution in [2.45, 2.75) is 0 Å². The van der Waals surface area contributed by atoms with Crippen LogP contribution in [-0.4, -0.2) is 14.1 Å². The third-order valence-corrected chi connectivity index (χ3v) is 2.56. The Labute approximate surface area is 107 Å². The van der Waals surface area contributed by atoms with Crippen molar-refractivity contribution in [3.63, 3.8) is 0 Å². The van der Waals surface area contributed by atoms with Gasteiger partial charge in [-0.25, -0.2) is 4.39 Å². The summed E-state index contributed by atoms with van der Waals surface area (Å²) in [5, 5.41) is 0. The Hall–Kier alpha value is -2.27. The zero-order chi connectivity index (χ0) is 13.0. The summed E-state index contributed by atoms with van der Waals surface area (Å²) in [4.78, 5) is 1.93. The van der Waals surface area contributed by atoms with Gasteiger partial charge in [-0.2, -0.15) is 0 Å². The van der Waals surface area contributed by atoms with Crippen LogP contribution in [0.3, 0.4) is 0 Å². The molecule has 0 heterocycles. The fraction of sp³-hybridized carbons (Fsp3) is 0.125. The second kappa shape index (κ2) is 5.37. The predicted molar refractivity (Wildman–Crippen MR) is 73.1 cm³/mol. The molecule has 18 heavy (non-hydrogen) atoms. The van der Waals surface area contributed by atoms with Crippen molar-refractivity contribution in [3.8, 4) is 11.8 Å². The maximum absolute atomic E-state index is 13.3. The fourth-order valence-corrected chi connectivity index (χ4v) is 1.66. The van der Waals surface area contributed by atoms with Gasteiger partial charge in [0.25, 0.3) is 0 Å². The molecule has 0 aliphatic carbocycles. The second-order valence-electron chi connectivity index (χ2n) is 4.17. The summed E-state index contributed by atoms with van der Waals surface area (Å²) in [6.07, 6.45) is 0. The van der Waals surface area contributed by atoms with Gasteiger partial charge in [-0.15, -0.1) is 0 Å². The number of hydrogen-bond donors (Lipinski definition) is 0. The molecule has 2 heteroatoms. The molecule has 0 saturated carbocycles. The standard InChI is InChI=1S/C16H14FN/c1-18(2)16-11-10-15(17)12-14(16)9-8-13-6-4-3-5-7-13/h3-7,10-12H,1-2H3. The van der Waals surface area contributed by atoms with E-state index in [9.17, 15) is 4.39 Å². The summed E-state index contributed by atoms with van der Waals surface area (Å²) >= 11 is 0. The van der Waals surface area contributed by atoms with Gasteiger partial charge in [0.1, 0.15) is 5.82 Å². The second-order valence-corrected chi connectivity index (χ2v) is 4.17. The molecular formula is C16H14FN. The number of benzene rings is 2. The quantitative estimate of drug-likeness (QED) is 0.690. The normalized spacial score (nSPS) is 9.50. The summed E-state index contributed by atoms with van der Waals surface area (Å²) in [5.41, 5.74) is 2.54. The highest BCUT2D eigenvalue weighted by atomic mass is 19.1. The molecule has 0 radical (unpaired) electrons. The van der Waals surface area contributed by atoms with Crippen LogP contribution in [0.1, 0.15) is 11.1 Å². The average molecular weight is 239 g/mol. The lowest BCUT2D eigenvalue weighted by Crippen LogP contribution is -2.10. The van der Waals surface area contributed by atoms with Gasteiger partial charge in [0.2, 0.25) is 0 Å². The van der Waals surface area contributed by atoms with Gasteiger partial charge in [-0.3, -0.25) is 0 Å². The lowest BCUT2D eigenvalue weighted by atomic mass is 10.1. The van der Waals surface area contributed by atoms with E-state index in [1.807, 2.05) is 49.3 Å². The fourth-order valence-electron chi connectivity index (χ4n) is 1.66. The van der Waals surface area contributed by atoms with E-state index in [-0.39, 0.29) is 5.82 Å². The molecule has 2 aromatic carbocycles. The van der Waals surface area contributed by atoms with E-state index in [0.29, 0.717) is 5.56 Å². The molecule has 0 amide bonds. The molecule has 0 spiro atoms. The highest BCUT2D eigenvalue weighted by Gasteiger charge is 2.03. The molecule has 0 N–H and O–H groups in total. The minimum Gasteiger partial charge on any atom is -0.377 e. The first-order chi connectivity index (χ1) is 8.66. The van der Waals surface area contributed by atoms with Crippen molar-refractivity contribution >= 4 is 5.69 Å². The predicted octanol–water partition coefficient (Wildman–Crippen LogP) is 3.29. The zero-order valence-electron chi connectivity index (χ0n) is 10.4. The molecule has 0 bridgehead atoms. The van der Waals surface area contributed by atoms with E-state index in [1.165, 1.54) is 12.1 Å². The molecule has 0 atom stereocenters. The van der Waals surface area contributed by atoms with Crippen LogP contribution in [0.2, 0.25) is 0 Å². The molecule has 2 rings (SSSR count). The molecule has 0 unspecified atom stereocenters. The minimum atomic E-state index is -0.266. The molecular weight excluding hydrogens is 225 g/mol. The molecule has 0 saturated heterocycles.